The second-order valence-corrected chi connectivity index (χ2v) is 5.84. The van der Waals surface area contributed by atoms with E-state index in [2.05, 4.69) is 10.6 Å². The minimum atomic E-state index is -0.246. The lowest BCUT2D eigenvalue weighted by Crippen LogP contribution is -2.29. The highest BCUT2D eigenvalue weighted by Crippen LogP contribution is 2.16. The summed E-state index contributed by atoms with van der Waals surface area (Å²) in [6.45, 7) is 0.759. The Hall–Kier alpha value is -2.86. The molecule has 26 heavy (non-hydrogen) atoms. The molecule has 0 heterocycles. The number of carbonyl (C=O) groups is 2. The summed E-state index contributed by atoms with van der Waals surface area (Å²) in [6, 6.07) is 14.7. The number of hydrogen-bond donors (Lipinski definition) is 3. The van der Waals surface area contributed by atoms with Gasteiger partial charge in [0.15, 0.2) is 0 Å². The van der Waals surface area contributed by atoms with Crippen LogP contribution in [0.4, 0.5) is 5.69 Å². The standard InChI is InChI=1S/C20H25N3O3/c1-26-16-11-9-15(10-12-16)5-4-8-19(24)23-18-7-3-2-6-17(18)20(25)22-14-13-21/h2-3,6-7,9-12H,4-5,8,13-14,21H2,1H3,(H,22,25)(H,23,24). The Morgan fingerprint density at radius 1 is 1.08 bits per heavy atom. The maximum absolute atomic E-state index is 12.2. The minimum Gasteiger partial charge on any atom is -0.497 e. The zero-order valence-electron chi connectivity index (χ0n) is 15.0. The number of aryl methyl sites for hydroxylation is 1. The first-order valence-corrected chi connectivity index (χ1v) is 8.64. The van der Waals surface area contributed by atoms with Gasteiger partial charge in [-0.15, -0.1) is 0 Å². The second kappa shape index (κ2) is 10.2. The number of rotatable bonds is 9. The summed E-state index contributed by atoms with van der Waals surface area (Å²) in [5.74, 6) is 0.457. The van der Waals surface area contributed by atoms with E-state index in [4.69, 9.17) is 10.5 Å². The molecule has 0 atom stereocenters. The van der Waals surface area contributed by atoms with Crippen LogP contribution < -0.4 is 21.1 Å². The summed E-state index contributed by atoms with van der Waals surface area (Å²) < 4.78 is 5.13. The highest BCUT2D eigenvalue weighted by atomic mass is 16.5. The molecule has 6 nitrogen and oxygen atoms in total. The molecule has 2 aromatic rings. The van der Waals surface area contributed by atoms with E-state index in [9.17, 15) is 9.59 Å². The van der Waals surface area contributed by atoms with Gasteiger partial charge in [0, 0.05) is 19.5 Å². The van der Waals surface area contributed by atoms with Crippen molar-refractivity contribution in [1.82, 2.24) is 5.32 Å². The number of anilines is 1. The Bertz CT molecular complexity index is 729. The van der Waals surface area contributed by atoms with Gasteiger partial charge in [-0.05, 0) is 42.7 Å². The SMILES string of the molecule is COc1ccc(CCCC(=O)Nc2ccccc2C(=O)NCCN)cc1. The lowest BCUT2D eigenvalue weighted by Gasteiger charge is -2.11. The van der Waals surface area contributed by atoms with Crippen molar-refractivity contribution in [2.45, 2.75) is 19.3 Å². The smallest absolute Gasteiger partial charge is 0.253 e. The van der Waals surface area contributed by atoms with Crippen LogP contribution in [0, 0.1) is 0 Å². The number of para-hydroxylation sites is 1. The highest BCUT2D eigenvalue weighted by molar-refractivity contribution is 6.03. The fourth-order valence-electron chi connectivity index (χ4n) is 2.53. The van der Waals surface area contributed by atoms with Crippen LogP contribution in [0.25, 0.3) is 0 Å². The monoisotopic (exact) mass is 355 g/mol. The molecule has 0 radical (unpaired) electrons. The van der Waals surface area contributed by atoms with Gasteiger partial charge in [-0.25, -0.2) is 0 Å². The molecule has 4 N–H and O–H groups in total. The number of amides is 2. The molecule has 6 heteroatoms. The predicted molar refractivity (Wildman–Crippen MR) is 102 cm³/mol. The van der Waals surface area contributed by atoms with Crippen molar-refractivity contribution >= 4 is 17.5 Å². The Morgan fingerprint density at radius 2 is 1.81 bits per heavy atom. The van der Waals surface area contributed by atoms with E-state index in [1.807, 2.05) is 24.3 Å². The maximum Gasteiger partial charge on any atom is 0.253 e. The number of carbonyl (C=O) groups excluding carboxylic acids is 2. The van der Waals surface area contributed by atoms with Crippen molar-refractivity contribution in [3.8, 4) is 5.75 Å². The zero-order chi connectivity index (χ0) is 18.8. The minimum absolute atomic E-state index is 0.113. The Labute approximate surface area is 153 Å². The van der Waals surface area contributed by atoms with Crippen LogP contribution in [0.2, 0.25) is 0 Å². The first kappa shape index (κ1) is 19.5. The molecule has 0 saturated heterocycles. The fourth-order valence-corrected chi connectivity index (χ4v) is 2.53. The number of nitrogens with two attached hydrogens (primary N) is 1. The van der Waals surface area contributed by atoms with E-state index >= 15 is 0 Å². The predicted octanol–water partition coefficient (Wildman–Crippen LogP) is 2.35. The van der Waals surface area contributed by atoms with Crippen LogP contribution >= 0.6 is 0 Å². The molecule has 0 saturated carbocycles. The first-order chi connectivity index (χ1) is 12.6. The van der Waals surface area contributed by atoms with Crippen LogP contribution in [0.15, 0.2) is 48.5 Å². The van der Waals surface area contributed by atoms with Gasteiger partial charge in [0.25, 0.3) is 5.91 Å². The van der Waals surface area contributed by atoms with Crippen LogP contribution in [0.5, 0.6) is 5.75 Å². The zero-order valence-corrected chi connectivity index (χ0v) is 15.0. The number of hydrogen-bond acceptors (Lipinski definition) is 4. The number of methoxy groups -OCH3 is 1. The molecule has 0 spiro atoms. The van der Waals surface area contributed by atoms with E-state index in [1.54, 1.807) is 31.4 Å². The molecule has 2 amide bonds. The Kier molecular flexibility index (Phi) is 7.64. The van der Waals surface area contributed by atoms with Crippen molar-refractivity contribution in [1.29, 1.82) is 0 Å². The highest BCUT2D eigenvalue weighted by Gasteiger charge is 2.12. The van der Waals surface area contributed by atoms with E-state index in [0.717, 1.165) is 24.2 Å². The molecular formula is C20H25N3O3. The molecule has 0 aromatic heterocycles. The summed E-state index contributed by atoms with van der Waals surface area (Å²) in [5, 5.41) is 5.53. The van der Waals surface area contributed by atoms with Crippen molar-refractivity contribution in [3.05, 3.63) is 59.7 Å². The third-order valence-corrected chi connectivity index (χ3v) is 3.90. The second-order valence-electron chi connectivity index (χ2n) is 5.84. The summed E-state index contributed by atoms with van der Waals surface area (Å²) in [4.78, 5) is 24.3. The molecular weight excluding hydrogens is 330 g/mol. The topological polar surface area (TPSA) is 93.4 Å². The van der Waals surface area contributed by atoms with Gasteiger partial charge >= 0.3 is 0 Å². The fraction of sp³-hybridized carbons (Fsp3) is 0.300. The molecule has 2 rings (SSSR count). The van der Waals surface area contributed by atoms with Crippen molar-refractivity contribution in [2.24, 2.45) is 5.73 Å². The van der Waals surface area contributed by atoms with Gasteiger partial charge in [0.2, 0.25) is 5.91 Å². The van der Waals surface area contributed by atoms with Crippen molar-refractivity contribution in [2.75, 3.05) is 25.5 Å². The third kappa shape index (κ3) is 5.89. The van der Waals surface area contributed by atoms with E-state index in [1.165, 1.54) is 0 Å². The van der Waals surface area contributed by atoms with Crippen molar-refractivity contribution < 1.29 is 14.3 Å². The molecule has 0 unspecified atom stereocenters. The van der Waals surface area contributed by atoms with Gasteiger partial charge in [0.1, 0.15) is 5.75 Å². The van der Waals surface area contributed by atoms with Gasteiger partial charge in [0.05, 0.1) is 18.4 Å². The van der Waals surface area contributed by atoms with Crippen LogP contribution in [0.3, 0.4) is 0 Å². The summed E-state index contributed by atoms with van der Waals surface area (Å²) in [7, 11) is 1.63. The van der Waals surface area contributed by atoms with Crippen LogP contribution in [0.1, 0.15) is 28.8 Å². The molecule has 0 aliphatic heterocycles. The van der Waals surface area contributed by atoms with Gasteiger partial charge in [-0.2, -0.15) is 0 Å². The van der Waals surface area contributed by atoms with E-state index in [0.29, 0.717) is 30.8 Å². The summed E-state index contributed by atoms with van der Waals surface area (Å²) >= 11 is 0. The molecule has 0 bridgehead atoms. The molecule has 0 aliphatic carbocycles. The van der Waals surface area contributed by atoms with Crippen molar-refractivity contribution in [3.63, 3.8) is 0 Å². The lowest BCUT2D eigenvalue weighted by atomic mass is 10.1. The average Bonchev–Trinajstić information content (AvgIpc) is 2.67. The quantitative estimate of drug-likeness (QED) is 0.644. The van der Waals surface area contributed by atoms with Crippen LogP contribution in [-0.4, -0.2) is 32.0 Å². The van der Waals surface area contributed by atoms with E-state index in [-0.39, 0.29) is 11.8 Å². The molecule has 138 valence electrons. The Morgan fingerprint density at radius 3 is 2.50 bits per heavy atom. The van der Waals surface area contributed by atoms with E-state index < -0.39 is 0 Å². The average molecular weight is 355 g/mol. The number of ether oxygens (including phenoxy) is 1. The Balaban J connectivity index is 1.86. The lowest BCUT2D eigenvalue weighted by molar-refractivity contribution is -0.116. The molecule has 0 aliphatic rings. The molecule has 2 aromatic carbocycles. The first-order valence-electron chi connectivity index (χ1n) is 8.64. The normalized spacial score (nSPS) is 10.2. The number of benzene rings is 2. The summed E-state index contributed by atoms with van der Waals surface area (Å²) in [5.41, 5.74) is 7.50. The third-order valence-electron chi connectivity index (χ3n) is 3.90. The number of nitrogens with one attached hydrogen (secondary N) is 2. The maximum atomic E-state index is 12.2. The van der Waals surface area contributed by atoms with Gasteiger partial charge in [-0.3, -0.25) is 9.59 Å². The van der Waals surface area contributed by atoms with Gasteiger partial charge < -0.3 is 21.1 Å². The summed E-state index contributed by atoms with van der Waals surface area (Å²) in [6.07, 6.45) is 1.90. The van der Waals surface area contributed by atoms with Gasteiger partial charge in [-0.1, -0.05) is 24.3 Å². The molecule has 0 fully saturated rings. The largest absolute Gasteiger partial charge is 0.497 e. The van der Waals surface area contributed by atoms with Crippen LogP contribution in [-0.2, 0) is 11.2 Å².